The molecular formula is C26H22N2O2. The van der Waals surface area contributed by atoms with Gasteiger partial charge >= 0.3 is 5.97 Å². The van der Waals surface area contributed by atoms with Crippen LogP contribution in [-0.2, 0) is 10.3 Å². The number of carboxylic acid groups (broad SMARTS) is 1. The number of nitrogens with zero attached hydrogens (tertiary/aromatic N) is 2. The van der Waals surface area contributed by atoms with Gasteiger partial charge in [-0.2, -0.15) is 0 Å². The molecule has 0 aliphatic heterocycles. The summed E-state index contributed by atoms with van der Waals surface area (Å²) in [6.45, 7) is 0. The number of aliphatic carboxylic acids is 1. The molecule has 4 aromatic rings. The molecule has 2 atom stereocenters. The first-order chi connectivity index (χ1) is 14.7. The summed E-state index contributed by atoms with van der Waals surface area (Å²) < 4.78 is 2.18. The Morgan fingerprint density at radius 1 is 0.833 bits per heavy atom. The summed E-state index contributed by atoms with van der Waals surface area (Å²) in [6.07, 6.45) is 4.33. The zero-order chi connectivity index (χ0) is 20.6. The second-order valence-electron chi connectivity index (χ2n) is 7.78. The van der Waals surface area contributed by atoms with Gasteiger partial charge in [-0.25, -0.2) is 4.98 Å². The Morgan fingerprint density at radius 2 is 1.30 bits per heavy atom. The molecule has 1 aromatic heterocycles. The Hall–Kier alpha value is -3.66. The van der Waals surface area contributed by atoms with Crippen LogP contribution in [0.25, 0.3) is 0 Å². The summed E-state index contributed by atoms with van der Waals surface area (Å²) in [5.41, 5.74) is 3.62. The molecule has 1 fully saturated rings. The van der Waals surface area contributed by atoms with Gasteiger partial charge in [-0.05, 0) is 23.1 Å². The Kier molecular flexibility index (Phi) is 4.47. The van der Waals surface area contributed by atoms with Crippen molar-refractivity contribution in [3.63, 3.8) is 0 Å². The van der Waals surface area contributed by atoms with Crippen LogP contribution in [0.15, 0.2) is 104 Å². The van der Waals surface area contributed by atoms with Gasteiger partial charge in [-0.15, -0.1) is 0 Å². The van der Waals surface area contributed by atoms with Gasteiger partial charge in [0, 0.05) is 17.8 Å². The number of rotatable bonds is 6. The van der Waals surface area contributed by atoms with Crippen molar-refractivity contribution in [2.24, 2.45) is 5.92 Å². The van der Waals surface area contributed by atoms with Crippen LogP contribution in [0, 0.1) is 5.92 Å². The van der Waals surface area contributed by atoms with Gasteiger partial charge in [0.1, 0.15) is 5.54 Å². The van der Waals surface area contributed by atoms with E-state index in [1.54, 1.807) is 0 Å². The molecule has 3 aromatic carbocycles. The topological polar surface area (TPSA) is 55.1 Å². The fourth-order valence-corrected chi connectivity index (χ4v) is 4.61. The third-order valence-corrected chi connectivity index (χ3v) is 6.09. The molecule has 4 nitrogen and oxygen atoms in total. The van der Waals surface area contributed by atoms with Gasteiger partial charge in [0.2, 0.25) is 0 Å². The van der Waals surface area contributed by atoms with Crippen molar-refractivity contribution in [2.75, 3.05) is 0 Å². The van der Waals surface area contributed by atoms with Gasteiger partial charge in [-0.3, -0.25) is 4.79 Å². The largest absolute Gasteiger partial charge is 0.481 e. The summed E-state index contributed by atoms with van der Waals surface area (Å²) in [5.74, 6) is -1.11. The quantitative estimate of drug-likeness (QED) is 0.473. The molecule has 1 aliphatic carbocycles. The number of benzene rings is 3. The summed E-state index contributed by atoms with van der Waals surface area (Å²) in [6, 6.07) is 31.1. The summed E-state index contributed by atoms with van der Waals surface area (Å²) in [7, 11) is 0. The van der Waals surface area contributed by atoms with E-state index in [4.69, 9.17) is 0 Å². The molecule has 0 radical (unpaired) electrons. The maximum absolute atomic E-state index is 11.6. The van der Waals surface area contributed by atoms with E-state index < -0.39 is 11.5 Å². The highest BCUT2D eigenvalue weighted by Crippen LogP contribution is 2.51. The number of carboxylic acids is 1. The van der Waals surface area contributed by atoms with Crippen molar-refractivity contribution >= 4 is 5.97 Å². The van der Waals surface area contributed by atoms with Crippen LogP contribution in [0.1, 0.15) is 34.7 Å². The summed E-state index contributed by atoms with van der Waals surface area (Å²) >= 11 is 0. The molecule has 2 unspecified atom stereocenters. The number of aromatic nitrogens is 2. The van der Waals surface area contributed by atoms with Gasteiger partial charge in [0.25, 0.3) is 0 Å². The van der Waals surface area contributed by atoms with Crippen LogP contribution in [0.4, 0.5) is 0 Å². The van der Waals surface area contributed by atoms with Crippen LogP contribution in [0.5, 0.6) is 0 Å². The Morgan fingerprint density at radius 3 is 1.70 bits per heavy atom. The van der Waals surface area contributed by atoms with Crippen LogP contribution in [0.3, 0.4) is 0 Å². The Balaban J connectivity index is 1.83. The molecule has 1 N–H and O–H groups in total. The van der Waals surface area contributed by atoms with Gasteiger partial charge in [-0.1, -0.05) is 91.0 Å². The molecule has 5 rings (SSSR count). The third-order valence-electron chi connectivity index (χ3n) is 6.09. The fourth-order valence-electron chi connectivity index (χ4n) is 4.61. The molecule has 1 saturated carbocycles. The summed E-state index contributed by atoms with van der Waals surface area (Å²) in [4.78, 5) is 16.1. The SMILES string of the molecule is O=C(O)C1CC1c1cncn1C(c1ccccc1)(c1ccccc1)c1ccccc1. The molecular weight excluding hydrogens is 372 g/mol. The lowest BCUT2D eigenvalue weighted by Crippen LogP contribution is -2.38. The molecule has 148 valence electrons. The maximum atomic E-state index is 11.6. The van der Waals surface area contributed by atoms with E-state index in [1.165, 1.54) is 0 Å². The average Bonchev–Trinajstić information content (AvgIpc) is 3.47. The first kappa shape index (κ1) is 18.4. The minimum atomic E-state index is -0.738. The van der Waals surface area contributed by atoms with Crippen molar-refractivity contribution in [1.29, 1.82) is 0 Å². The number of imidazole rings is 1. The average molecular weight is 394 g/mol. The van der Waals surface area contributed by atoms with Crippen molar-refractivity contribution < 1.29 is 9.90 Å². The number of hydrogen-bond acceptors (Lipinski definition) is 2. The predicted molar refractivity (Wildman–Crippen MR) is 115 cm³/mol. The second kappa shape index (κ2) is 7.30. The highest BCUT2D eigenvalue weighted by molar-refractivity contribution is 5.75. The minimum Gasteiger partial charge on any atom is -0.481 e. The smallest absolute Gasteiger partial charge is 0.307 e. The van der Waals surface area contributed by atoms with Gasteiger partial charge in [0.15, 0.2) is 0 Å². The number of hydrogen-bond donors (Lipinski definition) is 1. The number of carbonyl (C=O) groups is 1. The lowest BCUT2D eigenvalue weighted by atomic mass is 9.76. The first-order valence-corrected chi connectivity index (χ1v) is 10.1. The molecule has 4 heteroatoms. The molecule has 0 bridgehead atoms. The van der Waals surface area contributed by atoms with E-state index in [0.29, 0.717) is 6.42 Å². The van der Waals surface area contributed by atoms with E-state index >= 15 is 0 Å². The lowest BCUT2D eigenvalue weighted by molar-refractivity contribution is -0.138. The fraction of sp³-hybridized carbons (Fsp3) is 0.154. The highest BCUT2D eigenvalue weighted by Gasteiger charge is 2.49. The van der Waals surface area contributed by atoms with Crippen molar-refractivity contribution in [3.8, 4) is 0 Å². The molecule has 30 heavy (non-hydrogen) atoms. The Labute approximate surface area is 175 Å². The monoisotopic (exact) mass is 394 g/mol. The van der Waals surface area contributed by atoms with Crippen LogP contribution < -0.4 is 0 Å². The standard InChI is InChI=1S/C26H22N2O2/c29-25(30)23-16-22(23)24-17-27-18-28(24)26(19-10-4-1-5-11-19,20-12-6-2-7-13-20)21-14-8-3-9-15-21/h1-15,17-18,22-23H,16H2,(H,29,30). The van der Waals surface area contributed by atoms with Crippen molar-refractivity contribution in [1.82, 2.24) is 9.55 Å². The zero-order valence-corrected chi connectivity index (χ0v) is 16.4. The second-order valence-corrected chi connectivity index (χ2v) is 7.78. The van der Waals surface area contributed by atoms with Gasteiger partial charge in [0.05, 0.1) is 12.2 Å². The lowest BCUT2D eigenvalue weighted by Gasteiger charge is -2.38. The molecule has 0 amide bonds. The molecule has 0 spiro atoms. The minimum absolute atomic E-state index is 0.0273. The first-order valence-electron chi connectivity index (χ1n) is 10.1. The zero-order valence-electron chi connectivity index (χ0n) is 16.4. The van der Waals surface area contributed by atoms with Crippen LogP contribution in [-0.4, -0.2) is 20.6 Å². The van der Waals surface area contributed by atoms with Crippen LogP contribution in [0.2, 0.25) is 0 Å². The van der Waals surface area contributed by atoms with E-state index in [-0.39, 0.29) is 11.8 Å². The predicted octanol–water partition coefficient (Wildman–Crippen LogP) is 4.91. The molecule has 1 aliphatic rings. The van der Waals surface area contributed by atoms with E-state index in [1.807, 2.05) is 67.1 Å². The highest BCUT2D eigenvalue weighted by atomic mass is 16.4. The van der Waals surface area contributed by atoms with Crippen molar-refractivity contribution in [2.45, 2.75) is 17.9 Å². The van der Waals surface area contributed by atoms with E-state index in [2.05, 4.69) is 45.9 Å². The maximum Gasteiger partial charge on any atom is 0.307 e. The molecule has 0 saturated heterocycles. The third kappa shape index (κ3) is 2.84. The summed E-state index contributed by atoms with van der Waals surface area (Å²) in [5, 5.41) is 9.54. The molecule has 1 heterocycles. The van der Waals surface area contributed by atoms with Crippen molar-refractivity contribution in [3.05, 3.63) is 126 Å². The Bertz CT molecular complexity index is 1060. The normalized spacial score (nSPS) is 18.1. The van der Waals surface area contributed by atoms with Gasteiger partial charge < -0.3 is 9.67 Å². The van der Waals surface area contributed by atoms with E-state index in [0.717, 1.165) is 22.4 Å². The van der Waals surface area contributed by atoms with E-state index in [9.17, 15) is 9.90 Å². The van der Waals surface area contributed by atoms with Crippen LogP contribution >= 0.6 is 0 Å².